The predicted molar refractivity (Wildman–Crippen MR) is 130 cm³/mol. The van der Waals surface area contributed by atoms with E-state index in [2.05, 4.69) is 109 Å². The van der Waals surface area contributed by atoms with E-state index < -0.39 is 0 Å². The lowest BCUT2D eigenvalue weighted by molar-refractivity contribution is -0.00000594. The highest BCUT2D eigenvalue weighted by Gasteiger charge is 2.30. The third-order valence-corrected chi connectivity index (χ3v) is 8.71. The minimum atomic E-state index is -0.149. The molecule has 1 atom stereocenters. The summed E-state index contributed by atoms with van der Waals surface area (Å²) in [4.78, 5) is 5.33. The van der Waals surface area contributed by atoms with Crippen LogP contribution in [0.25, 0.3) is 25.4 Å². The van der Waals surface area contributed by atoms with Crippen LogP contribution in [-0.2, 0) is 0 Å². The molecule has 0 bridgehead atoms. The van der Waals surface area contributed by atoms with Gasteiger partial charge >= 0.3 is 0 Å². The predicted octanol–water partition coefficient (Wildman–Crippen LogP) is 5.41. The van der Waals surface area contributed by atoms with Gasteiger partial charge in [0.15, 0.2) is 9.60 Å². The summed E-state index contributed by atoms with van der Waals surface area (Å²) >= 11 is 1.86. The maximum atomic E-state index is 5.41. The molecule has 1 aromatic heterocycles. The fourth-order valence-corrected chi connectivity index (χ4v) is 7.54. The number of hydrogen-bond acceptors (Lipinski definition) is 2. The molecule has 0 spiro atoms. The second kappa shape index (κ2) is 9.61. The molecule has 5 aromatic rings. The number of fused-ring (bicyclic) bond motifs is 1. The molecule has 1 nitrogen and oxygen atoms in total. The first-order valence-corrected chi connectivity index (χ1v) is 11.9. The highest BCUT2D eigenvalue weighted by Crippen LogP contribution is 2.56. The molecular formula is C27H21ClOS2. The highest BCUT2D eigenvalue weighted by molar-refractivity contribution is 8.00. The number of ether oxygens (including phenoxy) is 1. The van der Waals surface area contributed by atoms with Gasteiger partial charge in [-0.1, -0.05) is 60.3 Å². The van der Waals surface area contributed by atoms with Crippen LogP contribution in [-0.4, -0.2) is 7.11 Å². The molecule has 4 heteroatoms. The molecule has 4 aromatic carbocycles. The number of thiophene rings is 1. The van der Waals surface area contributed by atoms with Gasteiger partial charge in [-0.3, -0.25) is 0 Å². The maximum absolute atomic E-state index is 5.41. The van der Waals surface area contributed by atoms with Crippen LogP contribution in [0.1, 0.15) is 0 Å². The second-order valence-electron chi connectivity index (χ2n) is 6.92. The average molecular weight is 461 g/mol. The Labute approximate surface area is 196 Å². The maximum Gasteiger partial charge on any atom is 0.201 e. The number of benzene rings is 4. The van der Waals surface area contributed by atoms with Crippen molar-refractivity contribution >= 4 is 32.3 Å². The van der Waals surface area contributed by atoms with E-state index in [0.29, 0.717) is 0 Å². The van der Waals surface area contributed by atoms with Crippen molar-refractivity contribution in [1.82, 2.24) is 0 Å². The minimum absolute atomic E-state index is 0. The molecule has 31 heavy (non-hydrogen) atoms. The van der Waals surface area contributed by atoms with Crippen LogP contribution in [0.15, 0.2) is 119 Å². The van der Waals surface area contributed by atoms with Crippen LogP contribution in [0, 0.1) is 0 Å². The van der Waals surface area contributed by atoms with Crippen LogP contribution in [0.5, 0.6) is 5.75 Å². The van der Waals surface area contributed by atoms with E-state index in [0.717, 1.165) is 5.75 Å². The van der Waals surface area contributed by atoms with Gasteiger partial charge in [-0.05, 0) is 60.7 Å². The lowest BCUT2D eigenvalue weighted by Crippen LogP contribution is -3.00. The molecule has 0 aliphatic heterocycles. The van der Waals surface area contributed by atoms with Crippen molar-refractivity contribution in [2.24, 2.45) is 0 Å². The molecule has 0 radical (unpaired) electrons. The Hall–Kier alpha value is -2.72. The zero-order valence-corrected chi connectivity index (χ0v) is 19.4. The summed E-state index contributed by atoms with van der Waals surface area (Å²) in [5.41, 5.74) is 1.25. The summed E-state index contributed by atoms with van der Waals surface area (Å²) in [6, 6.07) is 38.9. The van der Waals surface area contributed by atoms with Crippen molar-refractivity contribution in [3.05, 3.63) is 109 Å². The van der Waals surface area contributed by atoms with Crippen molar-refractivity contribution in [3.8, 4) is 21.1 Å². The summed E-state index contributed by atoms with van der Waals surface area (Å²) in [6.07, 6.45) is 0. The molecule has 1 unspecified atom stereocenters. The molecule has 0 saturated carbocycles. The standard InChI is InChI=1S/C27H21OS2.ClH/c1-28-21-18-16-20(17-19-21)27-26(29-22-10-4-2-5-11-22)24-14-8-9-15-25(24)30(27)23-12-6-3-7-13-23;/h2-19H,1H3;1H/q+1;/p-1. The summed E-state index contributed by atoms with van der Waals surface area (Å²) in [5.74, 6) is 0.881. The second-order valence-corrected chi connectivity index (χ2v) is 9.93. The van der Waals surface area contributed by atoms with Crippen LogP contribution < -0.4 is 17.1 Å². The first kappa shape index (κ1) is 21.5. The summed E-state index contributed by atoms with van der Waals surface area (Å²) in [5, 5.41) is 1.34. The van der Waals surface area contributed by atoms with Crippen molar-refractivity contribution in [3.63, 3.8) is 0 Å². The third kappa shape index (κ3) is 4.22. The van der Waals surface area contributed by atoms with E-state index in [1.165, 1.54) is 35.2 Å². The van der Waals surface area contributed by atoms with Crippen LogP contribution in [0.4, 0.5) is 0 Å². The molecular weight excluding hydrogens is 440 g/mol. The van der Waals surface area contributed by atoms with E-state index in [1.54, 1.807) is 7.11 Å². The molecule has 0 saturated heterocycles. The van der Waals surface area contributed by atoms with Crippen LogP contribution >= 0.6 is 22.2 Å². The van der Waals surface area contributed by atoms with Gasteiger partial charge in [-0.15, -0.1) is 0 Å². The largest absolute Gasteiger partial charge is 1.00 e. The molecule has 154 valence electrons. The molecule has 0 aliphatic carbocycles. The van der Waals surface area contributed by atoms with E-state index in [1.807, 2.05) is 11.8 Å². The Morgan fingerprint density at radius 2 is 1.29 bits per heavy atom. The summed E-state index contributed by atoms with van der Waals surface area (Å²) in [7, 11) is 1.56. The highest BCUT2D eigenvalue weighted by atomic mass is 35.5. The Bertz CT molecular complexity index is 1280. The van der Waals surface area contributed by atoms with Crippen molar-refractivity contribution in [2.75, 3.05) is 7.11 Å². The molecule has 0 aliphatic rings. The molecule has 0 N–H and O–H groups in total. The minimum Gasteiger partial charge on any atom is -1.00 e. The zero-order valence-electron chi connectivity index (χ0n) is 17.0. The Kier molecular flexibility index (Phi) is 6.67. The fourth-order valence-electron chi connectivity index (χ4n) is 3.66. The van der Waals surface area contributed by atoms with E-state index >= 15 is 0 Å². The Balaban J connectivity index is 0.00000231. The monoisotopic (exact) mass is 460 g/mol. The van der Waals surface area contributed by atoms with Crippen LogP contribution in [0.2, 0.25) is 0 Å². The number of methoxy groups -OCH3 is 1. The smallest absolute Gasteiger partial charge is 0.201 e. The quantitative estimate of drug-likeness (QED) is 0.324. The van der Waals surface area contributed by atoms with Gasteiger partial charge < -0.3 is 17.1 Å². The summed E-state index contributed by atoms with van der Waals surface area (Å²) in [6.45, 7) is 0. The van der Waals surface area contributed by atoms with Gasteiger partial charge in [0, 0.05) is 20.9 Å². The van der Waals surface area contributed by atoms with E-state index in [9.17, 15) is 0 Å². The molecule has 5 rings (SSSR count). The third-order valence-electron chi connectivity index (χ3n) is 5.06. The first-order chi connectivity index (χ1) is 14.8. The molecule has 1 heterocycles. The van der Waals surface area contributed by atoms with Gasteiger partial charge in [0.05, 0.1) is 17.4 Å². The van der Waals surface area contributed by atoms with E-state index in [4.69, 9.17) is 4.74 Å². The SMILES string of the molecule is COc1ccc(-c2c(Sc3ccccc3)c3ccccc3[s+]2-c2ccccc2)cc1.[Cl-]. The van der Waals surface area contributed by atoms with Gasteiger partial charge in [0.2, 0.25) is 4.88 Å². The summed E-state index contributed by atoms with van der Waals surface area (Å²) < 4.78 is 6.80. The lowest BCUT2D eigenvalue weighted by Gasteiger charge is -2.05. The topological polar surface area (TPSA) is 9.23 Å². The van der Waals surface area contributed by atoms with Crippen molar-refractivity contribution in [1.29, 1.82) is 0 Å². The lowest BCUT2D eigenvalue weighted by atomic mass is 10.1. The number of halogens is 1. The Morgan fingerprint density at radius 1 is 0.677 bits per heavy atom. The number of hydrogen-bond donors (Lipinski definition) is 0. The van der Waals surface area contributed by atoms with Gasteiger partial charge in [0.25, 0.3) is 0 Å². The Morgan fingerprint density at radius 3 is 1.97 bits per heavy atom. The zero-order chi connectivity index (χ0) is 20.3. The van der Waals surface area contributed by atoms with Gasteiger partial charge in [-0.2, -0.15) is 0 Å². The molecule has 0 fully saturated rings. The van der Waals surface area contributed by atoms with E-state index in [-0.39, 0.29) is 22.9 Å². The number of rotatable bonds is 5. The van der Waals surface area contributed by atoms with Gasteiger partial charge in [-0.25, -0.2) is 0 Å². The first-order valence-electron chi connectivity index (χ1n) is 9.85. The van der Waals surface area contributed by atoms with Crippen molar-refractivity contribution < 1.29 is 17.1 Å². The fraction of sp³-hybridized carbons (Fsp3) is 0.0370. The average Bonchev–Trinajstić information content (AvgIpc) is 3.14. The normalized spacial score (nSPS) is 11.2. The molecule has 0 amide bonds. The van der Waals surface area contributed by atoms with Gasteiger partial charge in [0.1, 0.15) is 5.75 Å². The van der Waals surface area contributed by atoms with Crippen molar-refractivity contribution in [2.45, 2.75) is 9.79 Å². The van der Waals surface area contributed by atoms with Crippen LogP contribution in [0.3, 0.4) is 0 Å².